The van der Waals surface area contributed by atoms with E-state index in [1.165, 1.54) is 5.56 Å². The number of thiocarbonyl (C=S) groups is 1. The first-order chi connectivity index (χ1) is 15.9. The maximum absolute atomic E-state index is 12.6. The van der Waals surface area contributed by atoms with Crippen LogP contribution in [0.2, 0.25) is 0 Å². The third-order valence-corrected chi connectivity index (χ3v) is 5.43. The Bertz CT molecular complexity index is 1070. The van der Waals surface area contributed by atoms with Gasteiger partial charge in [0.15, 0.2) is 5.11 Å². The Hall–Kier alpha value is -2.90. The number of halogens is 1. The zero-order valence-corrected chi connectivity index (χ0v) is 21.0. The van der Waals surface area contributed by atoms with Crippen LogP contribution >= 0.6 is 28.1 Å². The van der Waals surface area contributed by atoms with Crippen molar-refractivity contribution in [2.45, 2.75) is 20.3 Å². The molecule has 2 N–H and O–H groups in total. The highest BCUT2D eigenvalue weighted by Gasteiger charge is 2.11. The molecule has 0 unspecified atom stereocenters. The number of anilines is 1. The molecule has 3 aromatic rings. The molecule has 0 radical (unpaired) electrons. The number of ether oxygens (including phenoxy) is 2. The summed E-state index contributed by atoms with van der Waals surface area (Å²) in [6.45, 7) is 5.40. The van der Waals surface area contributed by atoms with E-state index in [4.69, 9.17) is 21.7 Å². The first-order valence-corrected chi connectivity index (χ1v) is 11.9. The highest BCUT2D eigenvalue weighted by molar-refractivity contribution is 9.10. The highest BCUT2D eigenvalue weighted by atomic mass is 79.9. The summed E-state index contributed by atoms with van der Waals surface area (Å²) in [5, 5.41) is 5.93. The topological polar surface area (TPSA) is 59.6 Å². The average Bonchev–Trinajstić information content (AvgIpc) is 2.80. The Morgan fingerprint density at radius 1 is 1.00 bits per heavy atom. The fourth-order valence-electron chi connectivity index (χ4n) is 2.92. The maximum Gasteiger partial charge on any atom is 0.257 e. The molecule has 0 aromatic heterocycles. The van der Waals surface area contributed by atoms with E-state index in [9.17, 15) is 4.79 Å². The molecular weight excluding hydrogens is 500 g/mol. The summed E-state index contributed by atoms with van der Waals surface area (Å²) in [7, 11) is 0. The molecule has 0 saturated heterocycles. The van der Waals surface area contributed by atoms with E-state index >= 15 is 0 Å². The van der Waals surface area contributed by atoms with Crippen LogP contribution in [0.25, 0.3) is 0 Å². The first-order valence-electron chi connectivity index (χ1n) is 10.7. The lowest BCUT2D eigenvalue weighted by molar-refractivity contribution is 0.0977. The lowest BCUT2D eigenvalue weighted by Gasteiger charge is -2.12. The molecule has 0 atom stereocenters. The van der Waals surface area contributed by atoms with Gasteiger partial charge in [-0.3, -0.25) is 10.1 Å². The second-order valence-electron chi connectivity index (χ2n) is 7.87. The molecule has 0 fully saturated rings. The fourth-order valence-corrected chi connectivity index (χ4v) is 3.62. The van der Waals surface area contributed by atoms with Crippen molar-refractivity contribution in [1.82, 2.24) is 5.32 Å². The number of nitrogens with one attached hydrogen (secondary N) is 2. The molecule has 1 amide bonds. The number of carbonyl (C=O) groups excluding carboxylic acids is 1. The van der Waals surface area contributed by atoms with Crippen molar-refractivity contribution in [3.8, 4) is 11.5 Å². The molecule has 0 saturated carbocycles. The first kappa shape index (κ1) is 24.7. The van der Waals surface area contributed by atoms with E-state index in [-0.39, 0.29) is 11.0 Å². The van der Waals surface area contributed by atoms with Crippen LogP contribution in [0.4, 0.5) is 5.69 Å². The largest absolute Gasteiger partial charge is 0.493 e. The van der Waals surface area contributed by atoms with Gasteiger partial charge in [-0.15, -0.1) is 0 Å². The van der Waals surface area contributed by atoms with Crippen LogP contribution in [0.5, 0.6) is 11.5 Å². The third-order valence-electron chi connectivity index (χ3n) is 4.61. The summed E-state index contributed by atoms with van der Waals surface area (Å²) in [5.41, 5.74) is 2.45. The van der Waals surface area contributed by atoms with Gasteiger partial charge in [0.2, 0.25) is 0 Å². The Labute approximate surface area is 208 Å². The lowest BCUT2D eigenvalue weighted by atomic mass is 10.2. The number of benzene rings is 3. The van der Waals surface area contributed by atoms with Crippen LogP contribution in [-0.4, -0.2) is 24.2 Å². The van der Waals surface area contributed by atoms with Crippen molar-refractivity contribution < 1.29 is 14.3 Å². The van der Waals surface area contributed by atoms with Crippen molar-refractivity contribution in [2.24, 2.45) is 5.92 Å². The van der Waals surface area contributed by atoms with Gasteiger partial charge >= 0.3 is 0 Å². The molecule has 0 spiro atoms. The second kappa shape index (κ2) is 12.4. The standard InChI is InChI=1S/C26H27BrN2O3S/c1-18(2)17-32-22-11-9-21(10-12-22)28-26(33)29-25(30)20-8-13-24(23(27)16-20)31-15-14-19-6-4-3-5-7-19/h3-13,16,18H,14-15,17H2,1-2H3,(H2,28,29,30,33). The van der Waals surface area contributed by atoms with Crippen molar-refractivity contribution in [1.29, 1.82) is 0 Å². The van der Waals surface area contributed by atoms with Crippen LogP contribution in [0, 0.1) is 5.92 Å². The van der Waals surface area contributed by atoms with Crippen molar-refractivity contribution in [3.63, 3.8) is 0 Å². The normalized spacial score (nSPS) is 10.5. The predicted octanol–water partition coefficient (Wildman–Crippen LogP) is 6.23. The second-order valence-corrected chi connectivity index (χ2v) is 9.13. The minimum Gasteiger partial charge on any atom is -0.493 e. The van der Waals surface area contributed by atoms with Gasteiger partial charge in [-0.25, -0.2) is 0 Å². The Morgan fingerprint density at radius 3 is 2.39 bits per heavy atom. The number of amides is 1. The van der Waals surface area contributed by atoms with Gasteiger partial charge < -0.3 is 14.8 Å². The van der Waals surface area contributed by atoms with E-state index < -0.39 is 0 Å². The van der Waals surface area contributed by atoms with Gasteiger partial charge in [0, 0.05) is 17.7 Å². The van der Waals surface area contributed by atoms with E-state index in [2.05, 4.69) is 52.5 Å². The van der Waals surface area contributed by atoms with Crippen LogP contribution in [-0.2, 0) is 6.42 Å². The Kier molecular flexibility index (Phi) is 9.27. The lowest BCUT2D eigenvalue weighted by Crippen LogP contribution is -2.34. The number of rotatable bonds is 9. The van der Waals surface area contributed by atoms with Crippen LogP contribution in [0.3, 0.4) is 0 Å². The smallest absolute Gasteiger partial charge is 0.257 e. The Morgan fingerprint density at radius 2 is 1.73 bits per heavy atom. The fraction of sp³-hybridized carbons (Fsp3) is 0.231. The summed E-state index contributed by atoms with van der Waals surface area (Å²) < 4.78 is 12.2. The summed E-state index contributed by atoms with van der Waals surface area (Å²) in [5.74, 6) is 1.63. The third kappa shape index (κ3) is 8.18. The van der Waals surface area contributed by atoms with Gasteiger partial charge in [0.25, 0.3) is 5.91 Å². The SMILES string of the molecule is CC(C)COc1ccc(NC(=S)NC(=O)c2ccc(OCCc3ccccc3)c(Br)c2)cc1. The molecule has 5 nitrogen and oxygen atoms in total. The van der Waals surface area contributed by atoms with Gasteiger partial charge in [0.05, 0.1) is 17.7 Å². The molecule has 3 aromatic carbocycles. The molecule has 0 aliphatic carbocycles. The summed E-state index contributed by atoms with van der Waals surface area (Å²) >= 11 is 8.77. The van der Waals surface area contributed by atoms with Crippen molar-refractivity contribution in [2.75, 3.05) is 18.5 Å². The molecule has 0 heterocycles. The number of hydrogen-bond donors (Lipinski definition) is 2. The van der Waals surface area contributed by atoms with Crippen molar-refractivity contribution in [3.05, 3.63) is 88.4 Å². The van der Waals surface area contributed by atoms with Gasteiger partial charge in [-0.05, 0) is 82.1 Å². The van der Waals surface area contributed by atoms with E-state index in [0.29, 0.717) is 34.9 Å². The van der Waals surface area contributed by atoms with Crippen LogP contribution < -0.4 is 20.1 Å². The quantitative estimate of drug-likeness (QED) is 0.323. The summed E-state index contributed by atoms with van der Waals surface area (Å²) in [4.78, 5) is 12.6. The molecule has 0 bridgehead atoms. The molecule has 0 aliphatic heterocycles. The van der Waals surface area contributed by atoms with Crippen LogP contribution in [0.15, 0.2) is 77.3 Å². The highest BCUT2D eigenvalue weighted by Crippen LogP contribution is 2.26. The van der Waals surface area contributed by atoms with E-state index in [1.807, 2.05) is 42.5 Å². The van der Waals surface area contributed by atoms with E-state index in [0.717, 1.165) is 17.9 Å². The van der Waals surface area contributed by atoms with E-state index in [1.54, 1.807) is 18.2 Å². The monoisotopic (exact) mass is 526 g/mol. The zero-order chi connectivity index (χ0) is 23.6. The Balaban J connectivity index is 1.49. The molecular formula is C26H27BrN2O3S. The summed E-state index contributed by atoms with van der Waals surface area (Å²) in [6, 6.07) is 22.8. The average molecular weight is 527 g/mol. The predicted molar refractivity (Wildman–Crippen MR) is 140 cm³/mol. The molecule has 33 heavy (non-hydrogen) atoms. The minimum absolute atomic E-state index is 0.218. The number of carbonyl (C=O) groups is 1. The number of hydrogen-bond acceptors (Lipinski definition) is 4. The van der Waals surface area contributed by atoms with Crippen molar-refractivity contribution >= 4 is 44.9 Å². The zero-order valence-electron chi connectivity index (χ0n) is 18.6. The molecule has 7 heteroatoms. The summed E-state index contributed by atoms with van der Waals surface area (Å²) in [6.07, 6.45) is 0.806. The van der Waals surface area contributed by atoms with Gasteiger partial charge in [0.1, 0.15) is 11.5 Å². The van der Waals surface area contributed by atoms with Gasteiger partial charge in [-0.2, -0.15) is 0 Å². The minimum atomic E-state index is -0.305. The maximum atomic E-state index is 12.6. The molecule has 172 valence electrons. The molecule has 0 aliphatic rings. The van der Waals surface area contributed by atoms with Crippen LogP contribution in [0.1, 0.15) is 29.8 Å². The van der Waals surface area contributed by atoms with Gasteiger partial charge in [-0.1, -0.05) is 44.2 Å². The molecule has 3 rings (SSSR count).